The molecule has 0 radical (unpaired) electrons. The number of carbonyl (C=O) groups is 1. The van der Waals surface area contributed by atoms with Gasteiger partial charge >= 0.3 is 0 Å². The van der Waals surface area contributed by atoms with Crippen LogP contribution in [0.15, 0.2) is 0 Å². The molecule has 5 nitrogen and oxygen atoms in total. The van der Waals surface area contributed by atoms with Crippen LogP contribution in [0.3, 0.4) is 0 Å². The summed E-state index contributed by atoms with van der Waals surface area (Å²) in [5.74, 6) is 0.768. The van der Waals surface area contributed by atoms with E-state index in [-0.39, 0.29) is 18.1 Å². The van der Waals surface area contributed by atoms with E-state index in [1.54, 1.807) is 7.11 Å². The molecule has 1 rings (SSSR count). The minimum Gasteiger partial charge on any atom is -0.382 e. The predicted octanol–water partition coefficient (Wildman–Crippen LogP) is 1.23. The Morgan fingerprint density at radius 1 is 1.32 bits per heavy atom. The van der Waals surface area contributed by atoms with Crippen molar-refractivity contribution >= 4 is 5.91 Å². The maximum atomic E-state index is 12.2. The summed E-state index contributed by atoms with van der Waals surface area (Å²) < 4.78 is 10.3. The second-order valence-electron chi connectivity index (χ2n) is 5.52. The fourth-order valence-electron chi connectivity index (χ4n) is 2.37. The number of amides is 1. The molecule has 2 unspecified atom stereocenters. The average molecular weight is 272 g/mol. The highest BCUT2D eigenvalue weighted by Gasteiger charge is 2.35. The van der Waals surface area contributed by atoms with Crippen LogP contribution >= 0.6 is 0 Å². The molecular formula is C14H28N2O3. The van der Waals surface area contributed by atoms with Gasteiger partial charge in [0.2, 0.25) is 5.91 Å². The van der Waals surface area contributed by atoms with Gasteiger partial charge in [0.25, 0.3) is 0 Å². The van der Waals surface area contributed by atoms with Crippen molar-refractivity contribution in [2.45, 2.75) is 45.8 Å². The van der Waals surface area contributed by atoms with Gasteiger partial charge in [-0.05, 0) is 25.7 Å². The van der Waals surface area contributed by atoms with Gasteiger partial charge < -0.3 is 14.4 Å². The van der Waals surface area contributed by atoms with E-state index in [2.05, 4.69) is 19.2 Å². The molecule has 0 saturated carbocycles. The molecule has 1 aliphatic heterocycles. The summed E-state index contributed by atoms with van der Waals surface area (Å²) in [6.07, 6.45) is 1.91. The zero-order valence-electron chi connectivity index (χ0n) is 12.6. The summed E-state index contributed by atoms with van der Waals surface area (Å²) in [7, 11) is 1.66. The monoisotopic (exact) mass is 272 g/mol. The SMILES string of the molecule is COCCOCCCN1C(=O)C(CC(C)C)NC1C. The van der Waals surface area contributed by atoms with Gasteiger partial charge in [0.05, 0.1) is 25.4 Å². The fourth-order valence-corrected chi connectivity index (χ4v) is 2.37. The molecule has 0 spiro atoms. The van der Waals surface area contributed by atoms with Crippen LogP contribution in [0.1, 0.15) is 33.6 Å². The van der Waals surface area contributed by atoms with Gasteiger partial charge in [0.15, 0.2) is 0 Å². The molecule has 0 aliphatic carbocycles. The Bertz CT molecular complexity index is 271. The molecule has 0 bridgehead atoms. The van der Waals surface area contributed by atoms with Crippen molar-refractivity contribution in [3.63, 3.8) is 0 Å². The standard InChI is InChI=1S/C14H28N2O3/c1-11(2)10-13-14(17)16(12(3)15-13)6-5-7-19-9-8-18-4/h11-13,15H,5-10H2,1-4H3. The third-order valence-corrected chi connectivity index (χ3v) is 3.32. The normalized spacial score (nSPS) is 23.6. The lowest BCUT2D eigenvalue weighted by Crippen LogP contribution is -2.35. The van der Waals surface area contributed by atoms with Gasteiger partial charge in [-0.1, -0.05) is 13.8 Å². The zero-order chi connectivity index (χ0) is 14.3. The third kappa shape index (κ3) is 5.47. The fraction of sp³-hybridized carbons (Fsp3) is 0.929. The van der Waals surface area contributed by atoms with Crippen molar-refractivity contribution in [2.75, 3.05) is 33.5 Å². The molecular weight excluding hydrogens is 244 g/mol. The Morgan fingerprint density at radius 3 is 2.68 bits per heavy atom. The van der Waals surface area contributed by atoms with E-state index in [0.29, 0.717) is 25.7 Å². The second kappa shape index (κ2) is 8.51. The Kier molecular flexibility index (Phi) is 7.34. The highest BCUT2D eigenvalue weighted by molar-refractivity contribution is 5.84. The minimum absolute atomic E-state index is 0.00981. The van der Waals surface area contributed by atoms with E-state index < -0.39 is 0 Å². The van der Waals surface area contributed by atoms with Crippen LogP contribution in [0.2, 0.25) is 0 Å². The van der Waals surface area contributed by atoms with Crippen LogP contribution in [-0.2, 0) is 14.3 Å². The number of nitrogens with zero attached hydrogens (tertiary/aromatic N) is 1. The van der Waals surface area contributed by atoms with Crippen molar-refractivity contribution in [1.82, 2.24) is 10.2 Å². The Hall–Kier alpha value is -0.650. The molecule has 19 heavy (non-hydrogen) atoms. The lowest BCUT2D eigenvalue weighted by Gasteiger charge is -2.20. The number of methoxy groups -OCH3 is 1. The largest absolute Gasteiger partial charge is 0.382 e. The molecule has 0 aromatic rings. The average Bonchev–Trinajstić information content (AvgIpc) is 2.59. The highest BCUT2D eigenvalue weighted by atomic mass is 16.5. The molecule has 1 amide bonds. The third-order valence-electron chi connectivity index (χ3n) is 3.32. The zero-order valence-corrected chi connectivity index (χ0v) is 12.6. The van der Waals surface area contributed by atoms with Crippen LogP contribution in [0, 0.1) is 5.92 Å². The van der Waals surface area contributed by atoms with Crippen LogP contribution in [0.4, 0.5) is 0 Å². The molecule has 5 heteroatoms. The maximum Gasteiger partial charge on any atom is 0.241 e. The van der Waals surface area contributed by atoms with Crippen LogP contribution in [-0.4, -0.2) is 56.5 Å². The lowest BCUT2D eigenvalue weighted by molar-refractivity contribution is -0.130. The van der Waals surface area contributed by atoms with E-state index >= 15 is 0 Å². The first-order valence-electron chi connectivity index (χ1n) is 7.19. The van der Waals surface area contributed by atoms with Gasteiger partial charge in [-0.3, -0.25) is 10.1 Å². The molecule has 0 aromatic heterocycles. The maximum absolute atomic E-state index is 12.2. The van der Waals surface area contributed by atoms with E-state index in [4.69, 9.17) is 9.47 Å². The van der Waals surface area contributed by atoms with Gasteiger partial charge in [-0.2, -0.15) is 0 Å². The van der Waals surface area contributed by atoms with Gasteiger partial charge in [-0.15, -0.1) is 0 Å². The molecule has 1 aliphatic rings. The molecule has 1 saturated heterocycles. The van der Waals surface area contributed by atoms with Crippen molar-refractivity contribution in [3.8, 4) is 0 Å². The minimum atomic E-state index is -0.00981. The van der Waals surface area contributed by atoms with Crippen molar-refractivity contribution in [1.29, 1.82) is 0 Å². The summed E-state index contributed by atoms with van der Waals surface area (Å²) in [5, 5.41) is 3.36. The molecule has 1 N–H and O–H groups in total. The molecule has 0 aromatic carbocycles. The van der Waals surface area contributed by atoms with E-state index in [0.717, 1.165) is 19.4 Å². The number of nitrogens with one attached hydrogen (secondary N) is 1. The van der Waals surface area contributed by atoms with Gasteiger partial charge in [0, 0.05) is 20.3 Å². The molecule has 112 valence electrons. The van der Waals surface area contributed by atoms with Crippen molar-refractivity contribution in [2.24, 2.45) is 5.92 Å². The summed E-state index contributed by atoms with van der Waals surface area (Å²) in [4.78, 5) is 14.1. The first kappa shape index (κ1) is 16.4. The summed E-state index contributed by atoms with van der Waals surface area (Å²) in [5.41, 5.74) is 0. The van der Waals surface area contributed by atoms with Gasteiger partial charge in [0.1, 0.15) is 0 Å². The van der Waals surface area contributed by atoms with Crippen LogP contribution < -0.4 is 5.32 Å². The topological polar surface area (TPSA) is 50.8 Å². The van der Waals surface area contributed by atoms with E-state index in [1.165, 1.54) is 0 Å². The first-order chi connectivity index (χ1) is 9.06. The number of ether oxygens (including phenoxy) is 2. The quantitative estimate of drug-likeness (QED) is 0.642. The summed E-state index contributed by atoms with van der Waals surface area (Å²) in [6.45, 7) is 9.01. The highest BCUT2D eigenvalue weighted by Crippen LogP contribution is 2.16. The summed E-state index contributed by atoms with van der Waals surface area (Å²) in [6, 6.07) is -0.00981. The number of hydrogen-bond acceptors (Lipinski definition) is 4. The Labute approximate surface area is 116 Å². The Balaban J connectivity index is 2.24. The first-order valence-corrected chi connectivity index (χ1v) is 7.19. The predicted molar refractivity (Wildman–Crippen MR) is 74.9 cm³/mol. The number of hydrogen-bond donors (Lipinski definition) is 1. The van der Waals surface area contributed by atoms with Crippen molar-refractivity contribution in [3.05, 3.63) is 0 Å². The molecule has 2 atom stereocenters. The Morgan fingerprint density at radius 2 is 2.05 bits per heavy atom. The van der Waals surface area contributed by atoms with Gasteiger partial charge in [-0.25, -0.2) is 0 Å². The van der Waals surface area contributed by atoms with Crippen LogP contribution in [0.5, 0.6) is 0 Å². The molecule has 1 heterocycles. The van der Waals surface area contributed by atoms with E-state index in [1.807, 2.05) is 11.8 Å². The number of carbonyl (C=O) groups excluding carboxylic acids is 1. The van der Waals surface area contributed by atoms with Crippen molar-refractivity contribution < 1.29 is 14.3 Å². The smallest absolute Gasteiger partial charge is 0.241 e. The second-order valence-corrected chi connectivity index (χ2v) is 5.52. The lowest BCUT2D eigenvalue weighted by atomic mass is 10.0. The summed E-state index contributed by atoms with van der Waals surface area (Å²) >= 11 is 0. The molecule has 1 fully saturated rings. The number of rotatable bonds is 9. The van der Waals surface area contributed by atoms with Crippen LogP contribution in [0.25, 0.3) is 0 Å². The van der Waals surface area contributed by atoms with E-state index in [9.17, 15) is 4.79 Å².